The lowest BCUT2D eigenvalue weighted by Crippen LogP contribution is -2.48. The molecule has 6 heteroatoms. The third-order valence-electron chi connectivity index (χ3n) is 4.28. The van der Waals surface area contributed by atoms with Gasteiger partial charge in [-0.1, -0.05) is 62.2 Å². The molecule has 0 heterocycles. The van der Waals surface area contributed by atoms with E-state index in [-0.39, 0.29) is 18.3 Å². The molecule has 1 atom stereocenters. The number of rotatable bonds is 10. The number of hydrogen-bond donors (Lipinski definition) is 3. The number of hydrogen-bond acceptors (Lipinski definition) is 4. The van der Waals surface area contributed by atoms with Crippen LogP contribution in [0.15, 0.2) is 54.6 Å². The highest BCUT2D eigenvalue weighted by Crippen LogP contribution is 2.12. The molecule has 0 unspecified atom stereocenters. The Balaban J connectivity index is 1.94. The Kier molecular flexibility index (Phi) is 8.85. The van der Waals surface area contributed by atoms with Crippen molar-refractivity contribution in [1.29, 1.82) is 0 Å². The van der Waals surface area contributed by atoms with Crippen LogP contribution in [0.2, 0.25) is 0 Å². The van der Waals surface area contributed by atoms with Crippen LogP contribution in [-0.4, -0.2) is 29.7 Å². The summed E-state index contributed by atoms with van der Waals surface area (Å²) < 4.78 is 5.24. The van der Waals surface area contributed by atoms with Crippen LogP contribution in [0, 0.1) is 0 Å². The van der Waals surface area contributed by atoms with Gasteiger partial charge in [-0.3, -0.25) is 4.79 Å². The molecule has 0 aromatic heterocycles. The molecule has 2 rings (SSSR count). The SMILES string of the molecule is CCCCCNC(=O)[C@H](Cc1ccc(O)cc1)NC(=O)OCc1ccccc1. The van der Waals surface area contributed by atoms with Crippen LogP contribution >= 0.6 is 0 Å². The molecular formula is C22H28N2O4. The van der Waals surface area contributed by atoms with Gasteiger partial charge in [-0.2, -0.15) is 0 Å². The molecule has 6 nitrogen and oxygen atoms in total. The predicted octanol–water partition coefficient (Wildman–Crippen LogP) is 3.54. The Hall–Kier alpha value is -3.02. The van der Waals surface area contributed by atoms with Gasteiger partial charge < -0.3 is 20.5 Å². The van der Waals surface area contributed by atoms with E-state index in [0.29, 0.717) is 13.0 Å². The fourth-order valence-electron chi connectivity index (χ4n) is 2.69. The highest BCUT2D eigenvalue weighted by molar-refractivity contribution is 5.85. The first-order chi connectivity index (χ1) is 13.6. The molecule has 0 saturated heterocycles. The zero-order valence-corrected chi connectivity index (χ0v) is 16.2. The average molecular weight is 384 g/mol. The molecule has 0 aliphatic heterocycles. The Morgan fingerprint density at radius 1 is 1.00 bits per heavy atom. The number of phenols is 1. The van der Waals surface area contributed by atoms with Crippen molar-refractivity contribution < 1.29 is 19.4 Å². The zero-order chi connectivity index (χ0) is 20.2. The summed E-state index contributed by atoms with van der Waals surface area (Å²) in [4.78, 5) is 24.8. The largest absolute Gasteiger partial charge is 0.508 e. The summed E-state index contributed by atoms with van der Waals surface area (Å²) >= 11 is 0. The van der Waals surface area contributed by atoms with Crippen LogP contribution in [0.1, 0.15) is 37.3 Å². The summed E-state index contributed by atoms with van der Waals surface area (Å²) in [7, 11) is 0. The lowest BCUT2D eigenvalue weighted by Gasteiger charge is -2.18. The second-order valence-electron chi connectivity index (χ2n) is 6.63. The molecule has 0 spiro atoms. The van der Waals surface area contributed by atoms with Crippen molar-refractivity contribution >= 4 is 12.0 Å². The molecule has 0 aliphatic carbocycles. The van der Waals surface area contributed by atoms with Gasteiger partial charge >= 0.3 is 6.09 Å². The van der Waals surface area contributed by atoms with Crippen molar-refractivity contribution in [2.24, 2.45) is 0 Å². The van der Waals surface area contributed by atoms with Gasteiger partial charge in [-0.25, -0.2) is 4.79 Å². The van der Waals surface area contributed by atoms with Crippen LogP contribution in [-0.2, 0) is 22.6 Å². The maximum atomic E-state index is 12.6. The van der Waals surface area contributed by atoms with Crippen molar-refractivity contribution in [2.75, 3.05) is 6.54 Å². The number of alkyl carbamates (subject to hydrolysis) is 1. The number of amides is 2. The minimum absolute atomic E-state index is 0.136. The van der Waals surface area contributed by atoms with E-state index >= 15 is 0 Å². The fourth-order valence-corrected chi connectivity index (χ4v) is 2.69. The normalized spacial score (nSPS) is 11.5. The minimum Gasteiger partial charge on any atom is -0.508 e. The van der Waals surface area contributed by atoms with Crippen molar-refractivity contribution in [2.45, 2.75) is 45.3 Å². The first-order valence-corrected chi connectivity index (χ1v) is 9.61. The third kappa shape index (κ3) is 7.70. The standard InChI is InChI=1S/C22H28N2O4/c1-2-3-7-14-23-21(26)20(15-17-10-12-19(25)13-11-17)24-22(27)28-16-18-8-5-4-6-9-18/h4-6,8-13,20,25H,2-3,7,14-16H2,1H3,(H,23,26)(H,24,27)/t20-/m0/s1. The molecule has 0 aliphatic rings. The van der Waals surface area contributed by atoms with E-state index in [1.165, 1.54) is 0 Å². The molecule has 0 radical (unpaired) electrons. The number of nitrogens with one attached hydrogen (secondary N) is 2. The highest BCUT2D eigenvalue weighted by atomic mass is 16.5. The molecule has 0 bridgehead atoms. The summed E-state index contributed by atoms with van der Waals surface area (Å²) in [6.45, 7) is 2.80. The topological polar surface area (TPSA) is 87.7 Å². The van der Waals surface area contributed by atoms with E-state index < -0.39 is 12.1 Å². The van der Waals surface area contributed by atoms with Crippen LogP contribution < -0.4 is 10.6 Å². The number of phenolic OH excluding ortho intramolecular Hbond substituents is 1. The van der Waals surface area contributed by atoms with Gasteiger partial charge in [-0.15, -0.1) is 0 Å². The predicted molar refractivity (Wildman–Crippen MR) is 108 cm³/mol. The van der Waals surface area contributed by atoms with Crippen molar-refractivity contribution in [1.82, 2.24) is 10.6 Å². The summed E-state index contributed by atoms with van der Waals surface area (Å²) in [6, 6.07) is 15.2. The molecule has 28 heavy (non-hydrogen) atoms. The smallest absolute Gasteiger partial charge is 0.408 e. The number of unbranched alkanes of at least 4 members (excludes halogenated alkanes) is 2. The lowest BCUT2D eigenvalue weighted by molar-refractivity contribution is -0.123. The van der Waals surface area contributed by atoms with E-state index in [1.807, 2.05) is 30.3 Å². The van der Waals surface area contributed by atoms with Gasteiger partial charge in [0.15, 0.2) is 0 Å². The summed E-state index contributed by atoms with van der Waals surface area (Å²) in [5.41, 5.74) is 1.70. The van der Waals surface area contributed by atoms with Crippen molar-refractivity contribution in [3.63, 3.8) is 0 Å². The van der Waals surface area contributed by atoms with Crippen molar-refractivity contribution in [3.05, 3.63) is 65.7 Å². The molecule has 0 saturated carbocycles. The van der Waals surface area contributed by atoms with Gasteiger partial charge in [0.2, 0.25) is 5.91 Å². The quantitative estimate of drug-likeness (QED) is 0.547. The Morgan fingerprint density at radius 3 is 2.39 bits per heavy atom. The van der Waals surface area contributed by atoms with Gasteiger partial charge in [0, 0.05) is 13.0 Å². The average Bonchev–Trinajstić information content (AvgIpc) is 2.71. The number of benzene rings is 2. The van der Waals surface area contributed by atoms with Gasteiger partial charge in [0.1, 0.15) is 18.4 Å². The number of carbonyl (C=O) groups is 2. The fraction of sp³-hybridized carbons (Fsp3) is 0.364. The molecule has 0 fully saturated rings. The second-order valence-corrected chi connectivity index (χ2v) is 6.63. The number of carbonyl (C=O) groups excluding carboxylic acids is 2. The van der Waals surface area contributed by atoms with E-state index in [9.17, 15) is 14.7 Å². The highest BCUT2D eigenvalue weighted by Gasteiger charge is 2.21. The monoisotopic (exact) mass is 384 g/mol. The number of aromatic hydroxyl groups is 1. The van der Waals surface area contributed by atoms with Crippen molar-refractivity contribution in [3.8, 4) is 5.75 Å². The third-order valence-corrected chi connectivity index (χ3v) is 4.28. The molecule has 2 aromatic carbocycles. The van der Waals surface area contributed by atoms with E-state index in [4.69, 9.17) is 4.74 Å². The lowest BCUT2D eigenvalue weighted by atomic mass is 10.1. The van der Waals surface area contributed by atoms with Gasteiger partial charge in [0.05, 0.1) is 0 Å². The summed E-state index contributed by atoms with van der Waals surface area (Å²) in [5.74, 6) is -0.0969. The Morgan fingerprint density at radius 2 is 1.71 bits per heavy atom. The Bertz CT molecular complexity index is 732. The van der Waals surface area contributed by atoms with E-state index in [0.717, 1.165) is 30.4 Å². The molecule has 2 amide bonds. The Labute approximate surface area is 165 Å². The van der Waals surface area contributed by atoms with E-state index in [2.05, 4.69) is 17.6 Å². The zero-order valence-electron chi connectivity index (χ0n) is 16.2. The van der Waals surface area contributed by atoms with E-state index in [1.54, 1.807) is 24.3 Å². The summed E-state index contributed by atoms with van der Waals surface area (Å²) in [6.07, 6.45) is 2.66. The first kappa shape index (κ1) is 21.3. The summed E-state index contributed by atoms with van der Waals surface area (Å²) in [5, 5.41) is 14.9. The maximum Gasteiger partial charge on any atom is 0.408 e. The maximum absolute atomic E-state index is 12.6. The first-order valence-electron chi connectivity index (χ1n) is 9.61. The van der Waals surface area contributed by atoms with Gasteiger partial charge in [0.25, 0.3) is 0 Å². The number of ether oxygens (including phenoxy) is 1. The van der Waals surface area contributed by atoms with Crippen LogP contribution in [0.25, 0.3) is 0 Å². The molecular weight excluding hydrogens is 356 g/mol. The molecule has 2 aromatic rings. The van der Waals surface area contributed by atoms with Crippen LogP contribution in [0.3, 0.4) is 0 Å². The molecule has 150 valence electrons. The minimum atomic E-state index is -0.755. The van der Waals surface area contributed by atoms with Crippen LogP contribution in [0.5, 0.6) is 5.75 Å². The molecule has 3 N–H and O–H groups in total. The van der Waals surface area contributed by atoms with Gasteiger partial charge in [-0.05, 0) is 29.7 Å². The van der Waals surface area contributed by atoms with Crippen LogP contribution in [0.4, 0.5) is 4.79 Å². The second kappa shape index (κ2) is 11.6.